The number of rotatable bonds is 13. The van der Waals surface area contributed by atoms with Crippen molar-refractivity contribution >= 4 is 23.6 Å². The molecule has 0 aromatic heterocycles. The van der Waals surface area contributed by atoms with Crippen LogP contribution in [-0.2, 0) is 32.0 Å². The van der Waals surface area contributed by atoms with E-state index >= 15 is 0 Å². The number of aromatic hydroxyl groups is 1. The first-order valence-electron chi connectivity index (χ1n) is 16.0. The van der Waals surface area contributed by atoms with Crippen LogP contribution in [0.25, 0.3) is 11.1 Å². The number of nitrogens with zero attached hydrogens (tertiary/aromatic N) is 1. The molecule has 12 N–H and O–H groups in total. The molecular formula is C33H50N8O5. The summed E-state index contributed by atoms with van der Waals surface area (Å²) in [7, 11) is 1.56. The summed E-state index contributed by atoms with van der Waals surface area (Å²) >= 11 is 0. The van der Waals surface area contributed by atoms with Crippen LogP contribution >= 0.6 is 0 Å². The maximum Gasteiger partial charge on any atom is 0.245 e. The SMILES string of the molecule is CN1C(=O)[C@H](CCCN)NC(=O)C(N)Cc2cc(ccc2O)-c2cccc(c2)CC1C(=O)NCCCC[C@H](N)CC(=O)NCCN. The molecule has 1 aliphatic heterocycles. The van der Waals surface area contributed by atoms with E-state index < -0.39 is 29.9 Å². The van der Waals surface area contributed by atoms with Crippen LogP contribution in [0.1, 0.15) is 49.7 Å². The number of carbonyl (C=O) groups is 4. The summed E-state index contributed by atoms with van der Waals surface area (Å²) < 4.78 is 0. The molecule has 2 aromatic carbocycles. The van der Waals surface area contributed by atoms with E-state index in [2.05, 4.69) is 16.0 Å². The van der Waals surface area contributed by atoms with Gasteiger partial charge in [0.15, 0.2) is 0 Å². The van der Waals surface area contributed by atoms with Crippen LogP contribution < -0.4 is 38.9 Å². The van der Waals surface area contributed by atoms with E-state index in [4.69, 9.17) is 22.9 Å². The number of nitrogens with one attached hydrogen (secondary N) is 3. The Morgan fingerprint density at radius 2 is 1.76 bits per heavy atom. The number of hydrogen-bond donors (Lipinski definition) is 8. The highest BCUT2D eigenvalue weighted by atomic mass is 16.3. The van der Waals surface area contributed by atoms with Crippen molar-refractivity contribution in [3.05, 3.63) is 53.6 Å². The van der Waals surface area contributed by atoms with Crippen LogP contribution in [0.5, 0.6) is 5.75 Å². The van der Waals surface area contributed by atoms with Crippen molar-refractivity contribution in [2.75, 3.05) is 33.2 Å². The molecule has 13 heteroatoms. The van der Waals surface area contributed by atoms with Gasteiger partial charge in [0, 0.05) is 52.0 Å². The van der Waals surface area contributed by atoms with Crippen LogP contribution in [0.15, 0.2) is 42.5 Å². The van der Waals surface area contributed by atoms with E-state index in [1.165, 1.54) is 4.90 Å². The van der Waals surface area contributed by atoms with Gasteiger partial charge in [0.1, 0.15) is 17.8 Å². The summed E-state index contributed by atoms with van der Waals surface area (Å²) in [6.45, 7) is 1.45. The molecule has 0 saturated heterocycles. The summed E-state index contributed by atoms with van der Waals surface area (Å²) in [6, 6.07) is 9.67. The van der Waals surface area contributed by atoms with E-state index in [0.29, 0.717) is 57.4 Å². The zero-order chi connectivity index (χ0) is 33.6. The Kier molecular flexibility index (Phi) is 14.4. The summed E-state index contributed by atoms with van der Waals surface area (Å²) in [6.07, 6.45) is 3.20. The number of fused-ring (bicyclic) bond motifs is 5. The van der Waals surface area contributed by atoms with E-state index in [1.807, 2.05) is 24.3 Å². The number of phenolic OH excluding ortho intramolecular Hbond substituents is 1. The maximum atomic E-state index is 13.8. The molecule has 4 amide bonds. The van der Waals surface area contributed by atoms with Crippen molar-refractivity contribution in [2.24, 2.45) is 22.9 Å². The smallest absolute Gasteiger partial charge is 0.245 e. The first-order chi connectivity index (χ1) is 22.0. The van der Waals surface area contributed by atoms with Gasteiger partial charge in [0.25, 0.3) is 0 Å². The first-order valence-corrected chi connectivity index (χ1v) is 16.0. The molecule has 0 fully saturated rings. The van der Waals surface area contributed by atoms with E-state index in [1.54, 1.807) is 25.2 Å². The van der Waals surface area contributed by atoms with Gasteiger partial charge in [0.05, 0.1) is 6.04 Å². The van der Waals surface area contributed by atoms with Gasteiger partial charge in [-0.1, -0.05) is 36.8 Å². The van der Waals surface area contributed by atoms with Crippen molar-refractivity contribution in [1.82, 2.24) is 20.9 Å². The molecule has 0 spiro atoms. The van der Waals surface area contributed by atoms with Gasteiger partial charge in [-0.3, -0.25) is 19.2 Å². The van der Waals surface area contributed by atoms with Crippen molar-refractivity contribution in [2.45, 2.75) is 75.5 Å². The Balaban J connectivity index is 1.81. The Morgan fingerprint density at radius 1 is 1.00 bits per heavy atom. The van der Waals surface area contributed by atoms with Crippen LogP contribution in [-0.4, -0.2) is 91.0 Å². The topological polar surface area (TPSA) is 232 Å². The fraction of sp³-hybridized carbons (Fsp3) is 0.515. The molecular weight excluding hydrogens is 588 g/mol. The second-order valence-corrected chi connectivity index (χ2v) is 11.9. The van der Waals surface area contributed by atoms with Crippen LogP contribution in [0.3, 0.4) is 0 Å². The lowest BCUT2D eigenvalue weighted by atomic mass is 9.95. The van der Waals surface area contributed by atoms with Gasteiger partial charge in [0.2, 0.25) is 23.6 Å². The van der Waals surface area contributed by atoms with Crippen LogP contribution in [0, 0.1) is 0 Å². The monoisotopic (exact) mass is 638 g/mol. The summed E-state index contributed by atoms with van der Waals surface area (Å²) in [5, 5.41) is 18.9. The Morgan fingerprint density at radius 3 is 2.50 bits per heavy atom. The predicted molar refractivity (Wildman–Crippen MR) is 177 cm³/mol. The van der Waals surface area contributed by atoms with Crippen molar-refractivity contribution in [3.8, 4) is 16.9 Å². The molecule has 1 heterocycles. The number of likely N-dealkylation sites (N-methyl/N-ethyl adjacent to an activating group) is 1. The lowest BCUT2D eigenvalue weighted by Gasteiger charge is -2.31. The zero-order valence-electron chi connectivity index (χ0n) is 26.7. The highest BCUT2D eigenvalue weighted by Crippen LogP contribution is 2.28. The normalized spacial score (nSPS) is 19.4. The second kappa shape index (κ2) is 18.2. The van der Waals surface area contributed by atoms with Gasteiger partial charge in [-0.25, -0.2) is 0 Å². The van der Waals surface area contributed by atoms with Gasteiger partial charge in [-0.2, -0.15) is 0 Å². The van der Waals surface area contributed by atoms with Gasteiger partial charge in [-0.05, 0) is 66.6 Å². The summed E-state index contributed by atoms with van der Waals surface area (Å²) in [5.74, 6) is -1.41. The largest absolute Gasteiger partial charge is 0.508 e. The number of amides is 4. The lowest BCUT2D eigenvalue weighted by molar-refractivity contribution is -0.142. The summed E-state index contributed by atoms with van der Waals surface area (Å²) in [4.78, 5) is 53.9. The molecule has 3 rings (SSSR count). The predicted octanol–water partition coefficient (Wildman–Crippen LogP) is -0.385. The molecule has 1 aliphatic rings. The minimum atomic E-state index is -1.02. The number of carbonyl (C=O) groups excluding carboxylic acids is 4. The maximum absolute atomic E-state index is 13.8. The molecule has 2 aromatic rings. The highest BCUT2D eigenvalue weighted by Gasteiger charge is 2.33. The summed E-state index contributed by atoms with van der Waals surface area (Å²) in [5.41, 5.74) is 26.5. The molecule has 46 heavy (non-hydrogen) atoms. The van der Waals surface area contributed by atoms with Crippen molar-refractivity contribution in [3.63, 3.8) is 0 Å². The number of unbranched alkanes of at least 4 members (excludes halogenated alkanes) is 1. The van der Waals surface area contributed by atoms with E-state index in [-0.39, 0.29) is 49.3 Å². The fourth-order valence-corrected chi connectivity index (χ4v) is 5.51. The van der Waals surface area contributed by atoms with Gasteiger partial charge < -0.3 is 48.9 Å². The van der Waals surface area contributed by atoms with E-state index in [9.17, 15) is 24.3 Å². The van der Waals surface area contributed by atoms with Crippen molar-refractivity contribution < 1.29 is 24.3 Å². The Labute approximate surface area is 270 Å². The average Bonchev–Trinajstić information content (AvgIpc) is 3.04. The first kappa shape index (κ1) is 36.4. The molecule has 252 valence electrons. The highest BCUT2D eigenvalue weighted by molar-refractivity contribution is 5.93. The minimum Gasteiger partial charge on any atom is -0.508 e. The second-order valence-electron chi connectivity index (χ2n) is 11.9. The minimum absolute atomic E-state index is 0.0229. The Hall–Kier alpha value is -4.04. The molecule has 13 nitrogen and oxygen atoms in total. The van der Waals surface area contributed by atoms with Crippen LogP contribution in [0.4, 0.5) is 0 Å². The zero-order valence-corrected chi connectivity index (χ0v) is 26.7. The molecule has 2 unspecified atom stereocenters. The standard InChI is InChI=1S/C33H50N8O5/c1-41-28(32(45)39-14-3-2-8-25(36)20-30(43)38-15-13-35)17-21-6-4-7-22(16-21)23-10-11-29(42)24(18-23)19-26(37)31(44)40-27(33(41)46)9-5-12-34/h4,6-7,10-11,16,18,25-28,42H,2-3,5,8-9,12-15,17,19-20,34-37H2,1H3,(H,38,43)(H,39,45)(H,40,44)/t25-,26?,27-,28?/m0/s1. The molecule has 4 atom stereocenters. The lowest BCUT2D eigenvalue weighted by Crippen LogP contribution is -2.57. The van der Waals surface area contributed by atoms with Crippen molar-refractivity contribution in [1.29, 1.82) is 0 Å². The average molecular weight is 639 g/mol. The third-order valence-corrected chi connectivity index (χ3v) is 8.19. The number of benzene rings is 2. The van der Waals surface area contributed by atoms with Crippen LogP contribution in [0.2, 0.25) is 0 Å². The van der Waals surface area contributed by atoms with Gasteiger partial charge in [-0.15, -0.1) is 0 Å². The quantitative estimate of drug-likeness (QED) is 0.133. The Bertz CT molecular complexity index is 1340. The van der Waals surface area contributed by atoms with Gasteiger partial charge >= 0.3 is 0 Å². The third-order valence-electron chi connectivity index (χ3n) is 8.19. The number of hydrogen-bond acceptors (Lipinski definition) is 9. The van der Waals surface area contributed by atoms with E-state index in [0.717, 1.165) is 16.7 Å². The fourth-order valence-electron chi connectivity index (χ4n) is 5.51. The number of phenols is 1. The number of nitrogens with two attached hydrogens (primary N) is 4. The molecule has 0 radical (unpaired) electrons. The third kappa shape index (κ3) is 10.8. The molecule has 4 bridgehead atoms. The molecule has 0 aliphatic carbocycles. The molecule has 0 saturated carbocycles.